The number of hydrogen-bond acceptors (Lipinski definition) is 4. The van der Waals surface area contributed by atoms with Gasteiger partial charge in [0.25, 0.3) is 0 Å². The van der Waals surface area contributed by atoms with Crippen molar-refractivity contribution in [2.75, 3.05) is 19.6 Å². The average Bonchev–Trinajstić information content (AvgIpc) is 2.37. The highest BCUT2D eigenvalue weighted by Crippen LogP contribution is 2.38. The summed E-state index contributed by atoms with van der Waals surface area (Å²) < 4.78 is 16.5. The van der Waals surface area contributed by atoms with Gasteiger partial charge in [0.15, 0.2) is 6.35 Å². The van der Waals surface area contributed by atoms with Crippen LogP contribution in [0.4, 0.5) is 0 Å². The number of aliphatic hydroxyl groups excluding tert-OH is 1. The quantitative estimate of drug-likeness (QED) is 0.736. The number of ether oxygens (including phenoxy) is 1. The van der Waals surface area contributed by atoms with Crippen LogP contribution in [0, 0.1) is 0 Å². The highest BCUT2D eigenvalue weighted by atomic mass is 31.2. The molecule has 4 nitrogen and oxygen atoms in total. The maximum absolute atomic E-state index is 9.49. The zero-order valence-electron chi connectivity index (χ0n) is 11.1. The number of hydrogen-bond donors (Lipinski definition) is 1. The topological polar surface area (TPSA) is 47.9 Å². The van der Waals surface area contributed by atoms with Gasteiger partial charge in [-0.05, 0) is 38.5 Å². The van der Waals surface area contributed by atoms with Crippen molar-refractivity contribution in [2.45, 2.75) is 26.9 Å². The Hall–Kier alpha value is -0.670. The summed E-state index contributed by atoms with van der Waals surface area (Å²) >= 11 is 0. The van der Waals surface area contributed by atoms with E-state index in [4.69, 9.17) is 13.8 Å². The first-order chi connectivity index (χ1) is 8.67. The minimum Gasteiger partial charge on any atom is -0.484 e. The molecule has 1 unspecified atom stereocenters. The highest BCUT2D eigenvalue weighted by molar-refractivity contribution is 7.47. The molecule has 0 radical (unpaired) electrons. The van der Waals surface area contributed by atoms with E-state index in [9.17, 15) is 5.11 Å². The molecule has 0 aliphatic carbocycles. The average molecular weight is 272 g/mol. The molecule has 0 bridgehead atoms. The fraction of sp³-hybridized carbons (Fsp3) is 0.538. The second-order valence-electron chi connectivity index (χ2n) is 3.69. The lowest BCUT2D eigenvalue weighted by atomic mass is 10.1. The summed E-state index contributed by atoms with van der Waals surface area (Å²) in [4.78, 5) is 0. The van der Waals surface area contributed by atoms with Gasteiger partial charge >= 0.3 is 0 Å². The molecule has 18 heavy (non-hydrogen) atoms. The van der Waals surface area contributed by atoms with E-state index < -0.39 is 14.5 Å². The molecule has 1 atom stereocenters. The minimum absolute atomic E-state index is 0.403. The normalized spacial score (nSPS) is 12.7. The van der Waals surface area contributed by atoms with Crippen LogP contribution >= 0.6 is 8.38 Å². The summed E-state index contributed by atoms with van der Waals surface area (Å²) in [6, 6.07) is 7.42. The van der Waals surface area contributed by atoms with Crippen LogP contribution in [-0.4, -0.2) is 24.7 Å². The Labute approximate surface area is 110 Å². The van der Waals surface area contributed by atoms with Crippen LogP contribution in [0.2, 0.25) is 0 Å². The molecular weight excluding hydrogens is 251 g/mol. The van der Waals surface area contributed by atoms with Crippen molar-refractivity contribution in [3.8, 4) is 5.75 Å². The first-order valence-electron chi connectivity index (χ1n) is 6.11. The van der Waals surface area contributed by atoms with Crippen LogP contribution in [0.25, 0.3) is 0 Å². The molecule has 0 spiro atoms. The second-order valence-corrected chi connectivity index (χ2v) is 5.13. The van der Waals surface area contributed by atoms with Crippen molar-refractivity contribution in [1.82, 2.24) is 0 Å². The van der Waals surface area contributed by atoms with Crippen LogP contribution in [0.5, 0.6) is 5.75 Å². The summed E-state index contributed by atoms with van der Waals surface area (Å²) in [5.41, 5.74) is 0.838. The van der Waals surface area contributed by atoms with Crippen molar-refractivity contribution >= 4 is 8.38 Å². The third-order valence-corrected chi connectivity index (χ3v) is 3.66. The van der Waals surface area contributed by atoms with E-state index >= 15 is 0 Å². The fourth-order valence-corrected chi connectivity index (χ4v) is 2.45. The summed E-state index contributed by atoms with van der Waals surface area (Å²) in [5, 5.41) is 9.49. The van der Waals surface area contributed by atoms with Gasteiger partial charge in [0.2, 0.25) is 8.38 Å². The van der Waals surface area contributed by atoms with Crippen molar-refractivity contribution in [3.63, 3.8) is 0 Å². The molecule has 1 aromatic carbocycles. The first-order valence-corrected chi connectivity index (χ1v) is 7.47. The number of benzene rings is 1. The number of aliphatic hydroxyl groups is 1. The molecule has 1 N–H and O–H groups in total. The largest absolute Gasteiger partial charge is 0.484 e. The monoisotopic (exact) mass is 272 g/mol. The summed E-state index contributed by atoms with van der Waals surface area (Å²) in [6.07, 6.45) is -0.0888. The Bertz CT molecular complexity index is 338. The number of rotatable bonds is 8. The van der Waals surface area contributed by atoms with E-state index in [1.54, 1.807) is 6.92 Å². The maximum Gasteiger partial charge on any atom is 0.211 e. The van der Waals surface area contributed by atoms with Crippen molar-refractivity contribution in [3.05, 3.63) is 29.8 Å². The predicted molar refractivity (Wildman–Crippen MR) is 72.7 cm³/mol. The van der Waals surface area contributed by atoms with Gasteiger partial charge in [-0.3, -0.25) is 0 Å². The van der Waals surface area contributed by atoms with E-state index in [-0.39, 0.29) is 0 Å². The molecule has 1 aromatic rings. The molecule has 0 saturated carbocycles. The molecule has 0 heterocycles. The minimum atomic E-state index is -0.994. The molecule has 0 fully saturated rings. The van der Waals surface area contributed by atoms with E-state index in [0.717, 1.165) is 11.3 Å². The zero-order valence-corrected chi connectivity index (χ0v) is 12.0. The van der Waals surface area contributed by atoms with E-state index in [2.05, 4.69) is 0 Å². The summed E-state index contributed by atoms with van der Waals surface area (Å²) in [6.45, 7) is 6.82. The van der Waals surface area contributed by atoms with Crippen molar-refractivity contribution in [1.29, 1.82) is 0 Å². The second kappa shape index (κ2) is 8.44. The highest BCUT2D eigenvalue weighted by Gasteiger charge is 2.10. The van der Waals surface area contributed by atoms with Crippen LogP contribution in [0.1, 0.15) is 32.4 Å². The van der Waals surface area contributed by atoms with Gasteiger partial charge in [-0.2, -0.15) is 0 Å². The first kappa shape index (κ1) is 15.4. The fourth-order valence-electron chi connectivity index (χ4n) is 1.39. The van der Waals surface area contributed by atoms with Crippen LogP contribution in [0.15, 0.2) is 24.3 Å². The summed E-state index contributed by atoms with van der Waals surface area (Å²) in [5.74, 6) is 0.723. The third kappa shape index (κ3) is 5.32. The van der Waals surface area contributed by atoms with Gasteiger partial charge in [-0.25, -0.2) is 0 Å². The lowest BCUT2D eigenvalue weighted by Crippen LogP contribution is -2.02. The van der Waals surface area contributed by atoms with Gasteiger partial charge < -0.3 is 18.9 Å². The van der Waals surface area contributed by atoms with E-state index in [1.165, 1.54) is 0 Å². The lowest BCUT2D eigenvalue weighted by molar-refractivity contribution is 0.198. The Morgan fingerprint density at radius 2 is 1.89 bits per heavy atom. The van der Waals surface area contributed by atoms with Gasteiger partial charge in [0.05, 0.1) is 19.3 Å². The van der Waals surface area contributed by atoms with Crippen LogP contribution < -0.4 is 4.74 Å². The van der Waals surface area contributed by atoms with E-state index in [0.29, 0.717) is 19.6 Å². The Morgan fingerprint density at radius 1 is 1.22 bits per heavy atom. The SMILES string of the molecule is CCOP(COc1cccc(C(C)O)c1)OCC. The van der Waals surface area contributed by atoms with Crippen molar-refractivity contribution < 1.29 is 18.9 Å². The zero-order chi connectivity index (χ0) is 13.4. The molecule has 0 amide bonds. The standard InChI is InChI=1S/C13H21O4P/c1-4-16-18(17-5-2)10-15-13-8-6-7-12(9-13)11(3)14/h6-9,11,14H,4-5,10H2,1-3H3. The van der Waals surface area contributed by atoms with Crippen molar-refractivity contribution in [2.24, 2.45) is 0 Å². The smallest absolute Gasteiger partial charge is 0.211 e. The Kier molecular flexibility index (Phi) is 7.21. The van der Waals surface area contributed by atoms with Gasteiger partial charge in [-0.15, -0.1) is 0 Å². The third-order valence-electron chi connectivity index (χ3n) is 2.22. The Morgan fingerprint density at radius 3 is 2.44 bits per heavy atom. The Balaban J connectivity index is 2.53. The van der Waals surface area contributed by atoms with E-state index in [1.807, 2.05) is 38.1 Å². The van der Waals surface area contributed by atoms with Gasteiger partial charge in [0, 0.05) is 0 Å². The molecule has 5 heteroatoms. The van der Waals surface area contributed by atoms with Crippen LogP contribution in [0.3, 0.4) is 0 Å². The maximum atomic E-state index is 9.49. The predicted octanol–water partition coefficient (Wildman–Crippen LogP) is 3.46. The summed E-state index contributed by atoms with van der Waals surface area (Å²) in [7, 11) is -0.994. The molecular formula is C13H21O4P. The molecule has 0 saturated heterocycles. The molecule has 102 valence electrons. The lowest BCUT2D eigenvalue weighted by Gasteiger charge is -2.16. The van der Waals surface area contributed by atoms with Gasteiger partial charge in [-0.1, -0.05) is 12.1 Å². The molecule has 0 aliphatic heterocycles. The molecule has 1 rings (SSSR count). The van der Waals surface area contributed by atoms with Gasteiger partial charge in [0.1, 0.15) is 5.75 Å². The molecule has 0 aromatic heterocycles. The van der Waals surface area contributed by atoms with Crippen LogP contribution in [-0.2, 0) is 9.05 Å². The molecule has 0 aliphatic rings.